The third-order valence-corrected chi connectivity index (χ3v) is 6.19. The Morgan fingerprint density at radius 3 is 2.79 bits per heavy atom. The summed E-state index contributed by atoms with van der Waals surface area (Å²) in [5, 5.41) is 11.5. The van der Waals surface area contributed by atoms with Crippen LogP contribution in [0.25, 0.3) is 10.8 Å². The number of halogens is 1. The van der Waals surface area contributed by atoms with Crippen LogP contribution in [-0.2, 0) is 13.2 Å². The van der Waals surface area contributed by atoms with Crippen molar-refractivity contribution in [2.75, 3.05) is 5.32 Å². The van der Waals surface area contributed by atoms with Crippen molar-refractivity contribution in [3.8, 4) is 5.75 Å². The van der Waals surface area contributed by atoms with Crippen LogP contribution in [0.3, 0.4) is 0 Å². The van der Waals surface area contributed by atoms with Crippen LogP contribution in [0.2, 0.25) is 0 Å². The second-order valence-electron chi connectivity index (χ2n) is 7.56. The number of anilines is 1. The molecule has 2 aromatic heterocycles. The van der Waals surface area contributed by atoms with Gasteiger partial charge in [0.2, 0.25) is 0 Å². The molecule has 2 heterocycles. The number of rotatable bonds is 7. The maximum absolute atomic E-state index is 13.7. The molecule has 0 spiro atoms. The van der Waals surface area contributed by atoms with Crippen molar-refractivity contribution >= 4 is 33.7 Å². The molecule has 3 aromatic carbocycles. The lowest BCUT2D eigenvalue weighted by Gasteiger charge is -2.06. The quantitative estimate of drug-likeness (QED) is 0.320. The molecule has 1 N–H and O–H groups in total. The van der Waals surface area contributed by atoms with Crippen LogP contribution >= 0.6 is 11.3 Å². The molecule has 0 aliphatic heterocycles. The van der Waals surface area contributed by atoms with E-state index >= 15 is 0 Å². The fourth-order valence-electron chi connectivity index (χ4n) is 3.61. The Morgan fingerprint density at radius 1 is 1.06 bits per heavy atom. The lowest BCUT2D eigenvalue weighted by Crippen LogP contribution is -2.09. The number of hydrogen-bond acceptors (Lipinski definition) is 4. The molecule has 164 valence electrons. The van der Waals surface area contributed by atoms with Gasteiger partial charge in [-0.15, -0.1) is 11.3 Å². The van der Waals surface area contributed by atoms with Gasteiger partial charge in [0.15, 0.2) is 11.6 Å². The highest BCUT2D eigenvalue weighted by Crippen LogP contribution is 2.22. The third-order valence-electron chi connectivity index (χ3n) is 5.21. The Morgan fingerprint density at radius 2 is 1.88 bits per heavy atom. The summed E-state index contributed by atoms with van der Waals surface area (Å²) in [5.74, 6) is -0.443. The number of carbonyl (C=O) groups excluding carboxylic acids is 1. The number of nitrogens with zero attached hydrogens (tertiary/aromatic N) is 2. The van der Waals surface area contributed by atoms with Gasteiger partial charge in [-0.3, -0.25) is 9.48 Å². The van der Waals surface area contributed by atoms with Crippen molar-refractivity contribution in [3.63, 3.8) is 0 Å². The van der Waals surface area contributed by atoms with Gasteiger partial charge < -0.3 is 10.1 Å². The molecule has 0 radical (unpaired) electrons. The summed E-state index contributed by atoms with van der Waals surface area (Å²) in [5.41, 5.74) is 2.59. The zero-order chi connectivity index (χ0) is 22.6. The topological polar surface area (TPSA) is 56.2 Å². The fraction of sp³-hybridized carbons (Fsp3) is 0.0769. The largest absolute Gasteiger partial charge is 0.486 e. The number of aromatic nitrogens is 2. The zero-order valence-electron chi connectivity index (χ0n) is 17.6. The standard InChI is InChI=1S/C26H20FN3O2S/c27-23-10-3-4-11-24(23)32-16-18-12-25(33-17-18)26(31)29-21-13-28-30(15-21)14-20-8-5-7-19-6-1-2-9-22(19)20/h1-13,15,17H,14,16H2,(H,29,31). The Balaban J connectivity index is 1.22. The summed E-state index contributed by atoms with van der Waals surface area (Å²) in [6.45, 7) is 0.793. The normalized spacial score (nSPS) is 10.9. The molecule has 0 bridgehead atoms. The Kier molecular flexibility index (Phi) is 5.87. The summed E-state index contributed by atoms with van der Waals surface area (Å²) in [4.78, 5) is 13.2. The van der Waals surface area contributed by atoms with Gasteiger partial charge in [0.1, 0.15) is 6.61 Å². The molecule has 5 rings (SSSR count). The van der Waals surface area contributed by atoms with E-state index in [1.54, 1.807) is 35.1 Å². The van der Waals surface area contributed by atoms with Crippen LogP contribution < -0.4 is 10.1 Å². The van der Waals surface area contributed by atoms with E-state index in [2.05, 4.69) is 34.7 Å². The summed E-state index contributed by atoms with van der Waals surface area (Å²) < 4.78 is 21.0. The number of para-hydroxylation sites is 1. The Hall–Kier alpha value is -3.97. The summed E-state index contributed by atoms with van der Waals surface area (Å²) in [6, 6.07) is 22.4. The molecule has 0 aliphatic carbocycles. The number of nitrogens with one attached hydrogen (secondary N) is 1. The SMILES string of the molecule is O=C(Nc1cnn(Cc2cccc3ccccc23)c1)c1cc(COc2ccccc2F)cs1. The fourth-order valence-corrected chi connectivity index (χ4v) is 4.40. The van der Waals surface area contributed by atoms with Gasteiger partial charge >= 0.3 is 0 Å². The second kappa shape index (κ2) is 9.26. The number of fused-ring (bicyclic) bond motifs is 1. The average Bonchev–Trinajstić information content (AvgIpc) is 3.48. The van der Waals surface area contributed by atoms with Crippen LogP contribution in [0.1, 0.15) is 20.8 Å². The van der Waals surface area contributed by atoms with Crippen molar-refractivity contribution in [2.45, 2.75) is 13.2 Å². The Labute approximate surface area is 194 Å². The number of hydrogen-bond donors (Lipinski definition) is 1. The van der Waals surface area contributed by atoms with Gasteiger partial charge in [-0.05, 0) is 39.9 Å². The van der Waals surface area contributed by atoms with Gasteiger partial charge in [0.05, 0.1) is 23.3 Å². The molecular formula is C26H20FN3O2S. The zero-order valence-corrected chi connectivity index (χ0v) is 18.4. The van der Waals surface area contributed by atoms with E-state index in [1.807, 2.05) is 29.8 Å². The van der Waals surface area contributed by atoms with Crippen molar-refractivity contribution in [2.24, 2.45) is 0 Å². The Bertz CT molecular complexity index is 1420. The van der Waals surface area contributed by atoms with E-state index in [1.165, 1.54) is 28.2 Å². The number of ether oxygens (including phenoxy) is 1. The number of benzene rings is 3. The predicted molar refractivity (Wildman–Crippen MR) is 128 cm³/mol. The minimum Gasteiger partial charge on any atom is -0.486 e. The van der Waals surface area contributed by atoms with E-state index in [0.29, 0.717) is 17.1 Å². The highest BCUT2D eigenvalue weighted by Gasteiger charge is 2.12. The summed E-state index contributed by atoms with van der Waals surface area (Å²) >= 11 is 1.31. The third kappa shape index (κ3) is 4.78. The molecule has 7 heteroatoms. The number of amides is 1. The van der Waals surface area contributed by atoms with Crippen LogP contribution in [0.5, 0.6) is 5.75 Å². The lowest BCUT2D eigenvalue weighted by molar-refractivity contribution is 0.103. The van der Waals surface area contributed by atoms with E-state index in [-0.39, 0.29) is 18.3 Å². The van der Waals surface area contributed by atoms with Crippen molar-refractivity contribution < 1.29 is 13.9 Å². The second-order valence-corrected chi connectivity index (χ2v) is 8.47. The van der Waals surface area contributed by atoms with Gasteiger partial charge in [-0.2, -0.15) is 5.10 Å². The predicted octanol–water partition coefficient (Wildman–Crippen LogP) is 6.12. The van der Waals surface area contributed by atoms with Crippen LogP contribution in [0.4, 0.5) is 10.1 Å². The van der Waals surface area contributed by atoms with Crippen LogP contribution in [-0.4, -0.2) is 15.7 Å². The van der Waals surface area contributed by atoms with E-state index < -0.39 is 5.82 Å². The van der Waals surface area contributed by atoms with E-state index in [0.717, 1.165) is 11.1 Å². The van der Waals surface area contributed by atoms with Gasteiger partial charge in [-0.1, -0.05) is 54.6 Å². The van der Waals surface area contributed by atoms with Crippen molar-refractivity contribution in [1.29, 1.82) is 0 Å². The molecule has 0 saturated carbocycles. The van der Waals surface area contributed by atoms with Gasteiger partial charge in [0, 0.05) is 11.8 Å². The first-order valence-electron chi connectivity index (χ1n) is 10.4. The number of thiophene rings is 1. The summed E-state index contributed by atoms with van der Waals surface area (Å²) in [7, 11) is 0. The highest BCUT2D eigenvalue weighted by atomic mass is 32.1. The molecule has 33 heavy (non-hydrogen) atoms. The summed E-state index contributed by atoms with van der Waals surface area (Å²) in [6.07, 6.45) is 3.45. The molecule has 5 nitrogen and oxygen atoms in total. The molecule has 0 saturated heterocycles. The van der Waals surface area contributed by atoms with Crippen molar-refractivity contribution in [3.05, 3.63) is 112 Å². The van der Waals surface area contributed by atoms with Gasteiger partial charge in [-0.25, -0.2) is 4.39 Å². The minimum atomic E-state index is -0.411. The molecule has 0 fully saturated rings. The highest BCUT2D eigenvalue weighted by molar-refractivity contribution is 7.12. The maximum atomic E-state index is 13.7. The van der Waals surface area contributed by atoms with Gasteiger partial charge in [0.25, 0.3) is 5.91 Å². The van der Waals surface area contributed by atoms with E-state index in [9.17, 15) is 9.18 Å². The smallest absolute Gasteiger partial charge is 0.265 e. The maximum Gasteiger partial charge on any atom is 0.265 e. The first-order chi connectivity index (χ1) is 16.2. The molecule has 0 unspecified atom stereocenters. The molecule has 0 aliphatic rings. The van der Waals surface area contributed by atoms with Crippen molar-refractivity contribution in [1.82, 2.24) is 9.78 Å². The molecule has 0 atom stereocenters. The minimum absolute atomic E-state index is 0.188. The first kappa shape index (κ1) is 20.9. The van der Waals surface area contributed by atoms with E-state index in [4.69, 9.17) is 4.74 Å². The molecular weight excluding hydrogens is 437 g/mol. The molecule has 5 aromatic rings. The average molecular weight is 458 g/mol. The number of carbonyl (C=O) groups is 1. The van der Waals surface area contributed by atoms with Crippen LogP contribution in [0.15, 0.2) is 90.6 Å². The first-order valence-corrected chi connectivity index (χ1v) is 11.3. The molecule has 1 amide bonds. The monoisotopic (exact) mass is 457 g/mol. The lowest BCUT2D eigenvalue weighted by atomic mass is 10.0. The van der Waals surface area contributed by atoms with Crippen LogP contribution in [0, 0.1) is 5.82 Å².